The Morgan fingerprint density at radius 3 is 2.10 bits per heavy atom. The van der Waals surface area contributed by atoms with Crippen molar-refractivity contribution in [3.8, 4) is 22.3 Å². The molecule has 0 aliphatic carbocycles. The van der Waals surface area contributed by atoms with Gasteiger partial charge in [-0.15, -0.1) is 6.58 Å². The van der Waals surface area contributed by atoms with E-state index in [4.69, 9.17) is 9.47 Å². The summed E-state index contributed by atoms with van der Waals surface area (Å²) in [5.74, 6) is -1.97. The largest absolute Gasteiger partial charge is 0.352 e. The number of halogens is 3. The maximum Gasteiger partial charge on any atom is 0.166 e. The number of rotatable bonds is 13. The molecule has 4 rings (SSSR count). The van der Waals surface area contributed by atoms with E-state index in [0.29, 0.717) is 41.9 Å². The molecule has 0 aromatic heterocycles. The molecule has 5 heteroatoms. The van der Waals surface area contributed by atoms with E-state index < -0.39 is 11.6 Å². The summed E-state index contributed by atoms with van der Waals surface area (Å²) in [5, 5.41) is 0. The van der Waals surface area contributed by atoms with Crippen LogP contribution in [0.1, 0.15) is 75.3 Å². The van der Waals surface area contributed by atoms with E-state index in [9.17, 15) is 8.78 Å². The van der Waals surface area contributed by atoms with Gasteiger partial charge in [-0.05, 0) is 47.6 Å². The summed E-state index contributed by atoms with van der Waals surface area (Å²) in [7, 11) is 0. The normalized spacial score (nSPS) is 17.3. The van der Waals surface area contributed by atoms with Gasteiger partial charge in [-0.25, -0.2) is 13.2 Å². The zero-order chi connectivity index (χ0) is 27.6. The smallest absolute Gasteiger partial charge is 0.166 e. The molecular weight excluding hydrogens is 497 g/mol. The lowest BCUT2D eigenvalue weighted by atomic mass is 9.94. The molecule has 0 N–H and O–H groups in total. The highest BCUT2D eigenvalue weighted by Gasteiger charge is 2.24. The molecule has 2 nitrogen and oxygen atoms in total. The van der Waals surface area contributed by atoms with Crippen molar-refractivity contribution in [2.45, 2.75) is 76.9 Å². The first-order valence-electron chi connectivity index (χ1n) is 14.2. The van der Waals surface area contributed by atoms with Gasteiger partial charge in [0.2, 0.25) is 0 Å². The second kappa shape index (κ2) is 14.5. The van der Waals surface area contributed by atoms with Crippen LogP contribution < -0.4 is 0 Å². The van der Waals surface area contributed by atoms with Crippen LogP contribution in [0.2, 0.25) is 0 Å². The van der Waals surface area contributed by atoms with Gasteiger partial charge < -0.3 is 9.47 Å². The van der Waals surface area contributed by atoms with Crippen LogP contribution in [-0.2, 0) is 15.9 Å². The molecule has 1 heterocycles. The number of allylic oxidation sites excluding steroid dienone is 1. The van der Waals surface area contributed by atoms with Crippen molar-refractivity contribution in [1.29, 1.82) is 0 Å². The molecule has 0 radical (unpaired) electrons. The van der Waals surface area contributed by atoms with Gasteiger partial charge in [0.15, 0.2) is 17.9 Å². The fourth-order valence-corrected chi connectivity index (χ4v) is 5.11. The minimum Gasteiger partial charge on any atom is -0.352 e. The predicted octanol–water partition coefficient (Wildman–Crippen LogP) is 9.76. The molecule has 1 aliphatic rings. The van der Waals surface area contributed by atoms with Gasteiger partial charge in [0, 0.05) is 23.5 Å². The monoisotopic (exact) mass is 536 g/mol. The topological polar surface area (TPSA) is 18.5 Å². The summed E-state index contributed by atoms with van der Waals surface area (Å²) in [4.78, 5) is 0. The van der Waals surface area contributed by atoms with E-state index in [1.807, 2.05) is 12.1 Å². The maximum atomic E-state index is 15.1. The first-order chi connectivity index (χ1) is 19.0. The molecule has 0 atom stereocenters. The SMILES string of the molecule is C=CCCC1OCC(c2ccc(-c3ccc(-c4ccc(CCCCCCCC)c(F)c4F)cc3)c(F)c2)CO1. The summed E-state index contributed by atoms with van der Waals surface area (Å²) in [6.45, 7) is 6.85. The highest BCUT2D eigenvalue weighted by molar-refractivity contribution is 5.71. The minimum atomic E-state index is -0.828. The zero-order valence-electron chi connectivity index (χ0n) is 22.9. The molecule has 1 fully saturated rings. The van der Waals surface area contributed by atoms with E-state index in [0.717, 1.165) is 37.7 Å². The Morgan fingerprint density at radius 1 is 0.795 bits per heavy atom. The Kier molecular flexibility index (Phi) is 10.8. The Balaban J connectivity index is 1.39. The molecule has 1 saturated heterocycles. The number of hydrogen-bond acceptors (Lipinski definition) is 2. The van der Waals surface area contributed by atoms with Crippen LogP contribution in [0.4, 0.5) is 13.2 Å². The lowest BCUT2D eigenvalue weighted by Gasteiger charge is -2.29. The Morgan fingerprint density at radius 2 is 1.44 bits per heavy atom. The van der Waals surface area contributed by atoms with E-state index in [1.165, 1.54) is 25.3 Å². The van der Waals surface area contributed by atoms with Gasteiger partial charge in [-0.2, -0.15) is 0 Å². The molecule has 0 amide bonds. The summed E-state index contributed by atoms with van der Waals surface area (Å²) < 4.78 is 56.4. The maximum absolute atomic E-state index is 15.1. The third-order valence-corrected chi connectivity index (χ3v) is 7.51. The summed E-state index contributed by atoms with van der Waals surface area (Å²) in [6.07, 6.45) is 10.3. The molecule has 0 saturated carbocycles. The number of benzene rings is 3. The van der Waals surface area contributed by atoms with Crippen LogP contribution in [0.15, 0.2) is 67.3 Å². The Hall–Kier alpha value is -2.89. The molecule has 3 aromatic carbocycles. The average Bonchev–Trinajstić information content (AvgIpc) is 2.96. The van der Waals surface area contributed by atoms with E-state index in [1.54, 1.807) is 42.5 Å². The standard InChI is InChI=1S/C34H39F3O2/c1-3-5-7-8-9-10-11-26-17-20-30(34(37)33(26)36)25-15-13-24(14-16-25)29-19-18-27(21-31(29)35)28-22-38-32(39-23-28)12-6-4-2/h4,13-21,28,32H,2-3,5-12,22-23H2,1H3. The number of unbranched alkanes of at least 4 members (excludes halogenated alkanes) is 5. The predicted molar refractivity (Wildman–Crippen MR) is 152 cm³/mol. The average molecular weight is 537 g/mol. The van der Waals surface area contributed by atoms with Crippen LogP contribution in [0.3, 0.4) is 0 Å². The van der Waals surface area contributed by atoms with Crippen LogP contribution in [-0.4, -0.2) is 19.5 Å². The number of ether oxygens (including phenoxy) is 2. The van der Waals surface area contributed by atoms with Crippen molar-refractivity contribution < 1.29 is 22.6 Å². The third kappa shape index (κ3) is 7.61. The van der Waals surface area contributed by atoms with Crippen molar-refractivity contribution in [1.82, 2.24) is 0 Å². The summed E-state index contributed by atoms with van der Waals surface area (Å²) in [5.41, 5.74) is 3.14. The molecule has 208 valence electrons. The molecule has 0 unspecified atom stereocenters. The lowest BCUT2D eigenvalue weighted by molar-refractivity contribution is -0.189. The van der Waals surface area contributed by atoms with Crippen molar-refractivity contribution in [2.75, 3.05) is 13.2 Å². The second-order valence-electron chi connectivity index (χ2n) is 10.4. The zero-order valence-corrected chi connectivity index (χ0v) is 22.9. The van der Waals surface area contributed by atoms with Gasteiger partial charge in [0.05, 0.1) is 13.2 Å². The van der Waals surface area contributed by atoms with E-state index in [-0.39, 0.29) is 23.6 Å². The summed E-state index contributed by atoms with van der Waals surface area (Å²) >= 11 is 0. The minimum absolute atomic E-state index is 0.0298. The highest BCUT2D eigenvalue weighted by atomic mass is 19.2. The van der Waals surface area contributed by atoms with Gasteiger partial charge in [0.25, 0.3) is 0 Å². The third-order valence-electron chi connectivity index (χ3n) is 7.51. The molecule has 1 aliphatic heterocycles. The lowest BCUT2D eigenvalue weighted by Crippen LogP contribution is -2.30. The van der Waals surface area contributed by atoms with E-state index in [2.05, 4.69) is 13.5 Å². The van der Waals surface area contributed by atoms with Gasteiger partial charge in [-0.3, -0.25) is 0 Å². The van der Waals surface area contributed by atoms with Gasteiger partial charge >= 0.3 is 0 Å². The number of hydrogen-bond donors (Lipinski definition) is 0. The second-order valence-corrected chi connectivity index (χ2v) is 10.4. The van der Waals surface area contributed by atoms with Crippen molar-refractivity contribution in [2.24, 2.45) is 0 Å². The van der Waals surface area contributed by atoms with Gasteiger partial charge in [-0.1, -0.05) is 93.6 Å². The fourth-order valence-electron chi connectivity index (χ4n) is 5.11. The number of aryl methyl sites for hydroxylation is 1. The van der Waals surface area contributed by atoms with Crippen LogP contribution in [0.25, 0.3) is 22.3 Å². The quantitative estimate of drug-likeness (QED) is 0.160. The Labute approximate surface area is 230 Å². The van der Waals surface area contributed by atoms with Crippen molar-refractivity contribution in [3.05, 3.63) is 95.8 Å². The summed E-state index contributed by atoms with van der Waals surface area (Å²) in [6, 6.07) is 15.4. The first kappa shape index (κ1) is 29.1. The molecule has 39 heavy (non-hydrogen) atoms. The van der Waals surface area contributed by atoms with E-state index >= 15 is 4.39 Å². The van der Waals surface area contributed by atoms with Gasteiger partial charge in [0.1, 0.15) is 5.82 Å². The first-order valence-corrected chi connectivity index (χ1v) is 14.2. The van der Waals surface area contributed by atoms with Crippen molar-refractivity contribution >= 4 is 0 Å². The Bertz CT molecular complexity index is 1210. The fraction of sp³-hybridized carbons (Fsp3) is 0.412. The van der Waals surface area contributed by atoms with Crippen LogP contribution in [0.5, 0.6) is 0 Å². The highest BCUT2D eigenvalue weighted by Crippen LogP contribution is 2.32. The van der Waals surface area contributed by atoms with Crippen LogP contribution in [0, 0.1) is 17.5 Å². The molecule has 0 spiro atoms. The molecule has 3 aromatic rings. The van der Waals surface area contributed by atoms with Crippen molar-refractivity contribution in [3.63, 3.8) is 0 Å². The molecular formula is C34H39F3O2. The van der Waals surface area contributed by atoms with Crippen LogP contribution >= 0.6 is 0 Å². The molecule has 0 bridgehead atoms.